The van der Waals surface area contributed by atoms with E-state index in [-0.39, 0.29) is 19.0 Å². The predicted molar refractivity (Wildman–Crippen MR) is 125 cm³/mol. The molecule has 1 N–H and O–H groups in total. The Balaban J connectivity index is 1.59. The number of alkyl halides is 1. The second kappa shape index (κ2) is 8.56. The van der Waals surface area contributed by atoms with Gasteiger partial charge in [-0.15, -0.1) is 0 Å². The number of halogens is 1. The Morgan fingerprint density at radius 3 is 2.52 bits per heavy atom. The van der Waals surface area contributed by atoms with Crippen LogP contribution in [0.4, 0.5) is 4.39 Å². The highest BCUT2D eigenvalue weighted by molar-refractivity contribution is 5.98. The lowest BCUT2D eigenvalue weighted by molar-refractivity contribution is -0.0231. The van der Waals surface area contributed by atoms with E-state index < -0.39 is 5.67 Å². The van der Waals surface area contributed by atoms with Crippen molar-refractivity contribution in [3.05, 3.63) is 75.7 Å². The van der Waals surface area contributed by atoms with Gasteiger partial charge in [0.05, 0.1) is 30.4 Å². The number of nitriles is 1. The maximum absolute atomic E-state index is 15.4. The summed E-state index contributed by atoms with van der Waals surface area (Å²) in [7, 11) is 0. The number of hydrogen-bond donors (Lipinski definition) is 1. The first-order valence-corrected chi connectivity index (χ1v) is 10.9. The lowest BCUT2D eigenvalue weighted by Gasteiger charge is -2.45. The second-order valence-corrected chi connectivity index (χ2v) is 8.51. The molecule has 0 bridgehead atoms. The molecule has 0 unspecified atom stereocenters. The van der Waals surface area contributed by atoms with E-state index in [1.54, 1.807) is 24.3 Å². The molecule has 0 aliphatic carbocycles. The van der Waals surface area contributed by atoms with E-state index in [9.17, 15) is 4.79 Å². The third-order valence-electron chi connectivity index (χ3n) is 6.03. The standard InChI is InChI=1S/C27H25FN4O/c1-5-6-7-24-30-19(4)25(31-24)22-13-23(18(3)12-17(22)2)26(33)32-15-27(28,16-32)21-10-8-20(14-29)9-11-21/h8-13H,5,15-16H2,1-4H3,(H,30,31). The molecule has 5 nitrogen and oxygen atoms in total. The number of carbonyl (C=O) groups excluding carboxylic acids is 1. The molecular weight excluding hydrogens is 415 g/mol. The summed E-state index contributed by atoms with van der Waals surface area (Å²) in [5.41, 5.74) is 4.27. The van der Waals surface area contributed by atoms with Gasteiger partial charge in [-0.05, 0) is 61.6 Å². The molecule has 0 spiro atoms. The average Bonchev–Trinajstić information content (AvgIpc) is 3.15. The van der Waals surface area contributed by atoms with Crippen molar-refractivity contribution in [3.63, 3.8) is 0 Å². The van der Waals surface area contributed by atoms with Gasteiger partial charge in [0, 0.05) is 23.2 Å². The molecule has 33 heavy (non-hydrogen) atoms. The summed E-state index contributed by atoms with van der Waals surface area (Å²) in [6.45, 7) is 7.77. The molecule has 2 aromatic carbocycles. The van der Waals surface area contributed by atoms with Crippen LogP contribution in [0.25, 0.3) is 11.3 Å². The highest BCUT2D eigenvalue weighted by Gasteiger charge is 2.47. The second-order valence-electron chi connectivity index (χ2n) is 8.51. The molecule has 1 aromatic heterocycles. The Labute approximate surface area is 193 Å². The van der Waals surface area contributed by atoms with Gasteiger partial charge in [0.1, 0.15) is 0 Å². The van der Waals surface area contributed by atoms with Crippen LogP contribution in [0, 0.1) is 43.9 Å². The molecule has 3 aromatic rings. The fourth-order valence-corrected chi connectivity index (χ4v) is 4.19. The average molecular weight is 441 g/mol. The van der Waals surface area contributed by atoms with Crippen LogP contribution in [-0.2, 0) is 5.67 Å². The van der Waals surface area contributed by atoms with Crippen LogP contribution >= 0.6 is 0 Å². The van der Waals surface area contributed by atoms with Crippen molar-refractivity contribution in [3.8, 4) is 29.2 Å². The third-order valence-corrected chi connectivity index (χ3v) is 6.03. The molecule has 2 heterocycles. The first kappa shape index (κ1) is 22.3. The minimum absolute atomic E-state index is 0.0153. The van der Waals surface area contributed by atoms with Crippen LogP contribution in [0.5, 0.6) is 0 Å². The van der Waals surface area contributed by atoms with E-state index in [1.165, 1.54) is 4.90 Å². The summed E-state index contributed by atoms with van der Waals surface area (Å²) >= 11 is 0. The minimum Gasteiger partial charge on any atom is -0.335 e. The van der Waals surface area contributed by atoms with Crippen LogP contribution in [0.1, 0.15) is 57.5 Å². The van der Waals surface area contributed by atoms with Crippen molar-refractivity contribution in [1.82, 2.24) is 14.9 Å². The van der Waals surface area contributed by atoms with Gasteiger partial charge < -0.3 is 9.88 Å². The number of H-pyrrole nitrogens is 1. The molecule has 4 rings (SSSR count). The highest BCUT2D eigenvalue weighted by Crippen LogP contribution is 2.38. The molecule has 1 aliphatic heterocycles. The third kappa shape index (κ3) is 4.13. The number of nitrogens with one attached hydrogen (secondary N) is 1. The fourth-order valence-electron chi connectivity index (χ4n) is 4.19. The van der Waals surface area contributed by atoms with Gasteiger partial charge in [-0.2, -0.15) is 5.26 Å². The molecule has 0 atom stereocenters. The minimum atomic E-state index is -1.60. The van der Waals surface area contributed by atoms with Crippen LogP contribution in [0.3, 0.4) is 0 Å². The quantitative estimate of drug-likeness (QED) is 0.586. The Kier molecular flexibility index (Phi) is 5.78. The SMILES string of the molecule is CCC#Cc1nc(-c2cc(C(=O)N3CC(F)(c4ccc(C#N)cc4)C3)c(C)cc2C)c(C)[nH]1. The summed E-state index contributed by atoms with van der Waals surface area (Å²) in [4.78, 5) is 22.6. The van der Waals surface area contributed by atoms with Gasteiger partial charge in [0.15, 0.2) is 11.5 Å². The predicted octanol–water partition coefficient (Wildman–Crippen LogP) is 4.96. The van der Waals surface area contributed by atoms with Crippen molar-refractivity contribution < 1.29 is 9.18 Å². The van der Waals surface area contributed by atoms with Gasteiger partial charge >= 0.3 is 0 Å². The van der Waals surface area contributed by atoms with Crippen LogP contribution in [0.2, 0.25) is 0 Å². The number of nitrogens with zero attached hydrogens (tertiary/aromatic N) is 3. The molecule has 0 radical (unpaired) electrons. The maximum Gasteiger partial charge on any atom is 0.254 e. The molecule has 1 fully saturated rings. The molecular formula is C27H25FN4O. The van der Waals surface area contributed by atoms with Crippen molar-refractivity contribution in [2.75, 3.05) is 13.1 Å². The molecule has 166 valence electrons. The van der Waals surface area contributed by atoms with Crippen molar-refractivity contribution in [2.45, 2.75) is 39.8 Å². The lowest BCUT2D eigenvalue weighted by atomic mass is 9.86. The van der Waals surface area contributed by atoms with Gasteiger partial charge in [-0.1, -0.05) is 31.0 Å². The van der Waals surface area contributed by atoms with Gasteiger partial charge in [-0.3, -0.25) is 4.79 Å². The van der Waals surface area contributed by atoms with Gasteiger partial charge in [-0.25, -0.2) is 9.37 Å². The monoisotopic (exact) mass is 440 g/mol. The number of benzene rings is 2. The Hall–Kier alpha value is -3.90. The van der Waals surface area contributed by atoms with Crippen LogP contribution in [0.15, 0.2) is 36.4 Å². The van der Waals surface area contributed by atoms with Crippen LogP contribution < -0.4 is 0 Å². The van der Waals surface area contributed by atoms with E-state index >= 15 is 4.39 Å². The van der Waals surface area contributed by atoms with E-state index in [1.807, 2.05) is 45.9 Å². The summed E-state index contributed by atoms with van der Waals surface area (Å²) in [5, 5.41) is 8.94. The maximum atomic E-state index is 15.4. The molecule has 1 amide bonds. The number of amides is 1. The molecule has 1 saturated heterocycles. The number of aryl methyl sites for hydroxylation is 3. The summed E-state index contributed by atoms with van der Waals surface area (Å²) in [6, 6.07) is 12.3. The lowest BCUT2D eigenvalue weighted by Crippen LogP contribution is -2.58. The van der Waals surface area contributed by atoms with E-state index in [4.69, 9.17) is 5.26 Å². The van der Waals surface area contributed by atoms with Crippen molar-refractivity contribution in [2.24, 2.45) is 0 Å². The van der Waals surface area contributed by atoms with Gasteiger partial charge in [0.2, 0.25) is 0 Å². The largest absolute Gasteiger partial charge is 0.335 e. The molecule has 1 aliphatic rings. The summed E-state index contributed by atoms with van der Waals surface area (Å²) < 4.78 is 15.4. The van der Waals surface area contributed by atoms with Crippen LogP contribution in [-0.4, -0.2) is 33.9 Å². The van der Waals surface area contributed by atoms with Crippen molar-refractivity contribution in [1.29, 1.82) is 5.26 Å². The van der Waals surface area contributed by atoms with Gasteiger partial charge in [0.25, 0.3) is 5.91 Å². The Morgan fingerprint density at radius 2 is 1.88 bits per heavy atom. The molecule has 6 heteroatoms. The van der Waals surface area contributed by atoms with E-state index in [0.717, 1.165) is 34.5 Å². The first-order chi connectivity index (χ1) is 15.8. The summed E-state index contributed by atoms with van der Waals surface area (Å²) in [5.74, 6) is 6.42. The first-order valence-electron chi connectivity index (χ1n) is 10.9. The number of carbonyl (C=O) groups is 1. The zero-order valence-electron chi connectivity index (χ0n) is 19.2. The Bertz CT molecular complexity index is 1330. The number of aromatic amines is 1. The topological polar surface area (TPSA) is 72.8 Å². The number of imidazole rings is 1. The van der Waals surface area contributed by atoms with Crippen molar-refractivity contribution >= 4 is 5.91 Å². The molecule has 0 saturated carbocycles. The fraction of sp³-hybridized carbons (Fsp3) is 0.296. The Morgan fingerprint density at radius 1 is 1.18 bits per heavy atom. The number of likely N-dealkylation sites (tertiary alicyclic amines) is 1. The van der Waals surface area contributed by atoms with E-state index in [0.29, 0.717) is 22.5 Å². The zero-order chi connectivity index (χ0) is 23.8. The smallest absolute Gasteiger partial charge is 0.254 e. The summed E-state index contributed by atoms with van der Waals surface area (Å²) in [6.07, 6.45) is 0.742. The number of hydrogen-bond acceptors (Lipinski definition) is 3. The zero-order valence-corrected chi connectivity index (χ0v) is 19.2. The highest BCUT2D eigenvalue weighted by atomic mass is 19.1. The van der Waals surface area contributed by atoms with E-state index in [2.05, 4.69) is 21.8 Å². The number of aromatic nitrogens is 2. The normalized spacial score (nSPS) is 14.1. The number of rotatable bonds is 3.